The molecule has 0 amide bonds. The zero-order valence-corrected chi connectivity index (χ0v) is 25.4. The van der Waals surface area contributed by atoms with Crippen molar-refractivity contribution in [2.75, 3.05) is 0 Å². The maximum atomic E-state index is 2.47. The Kier molecular flexibility index (Phi) is 10.0. The molecular weight excluding hydrogens is 472 g/mol. The Balaban J connectivity index is 1.91. The van der Waals surface area contributed by atoms with E-state index >= 15 is 0 Å². The van der Waals surface area contributed by atoms with Crippen LogP contribution >= 0.6 is 0 Å². The van der Waals surface area contributed by atoms with Crippen LogP contribution in [0.1, 0.15) is 89.8 Å². The van der Waals surface area contributed by atoms with Gasteiger partial charge in [0.25, 0.3) is 0 Å². The molecule has 0 spiro atoms. The summed E-state index contributed by atoms with van der Waals surface area (Å²) in [7, 11) is -2.49. The van der Waals surface area contributed by atoms with E-state index in [1.807, 2.05) is 0 Å². The Labute approximate surface area is 233 Å². The molecule has 0 heterocycles. The first kappa shape index (κ1) is 28.4. The van der Waals surface area contributed by atoms with Crippen molar-refractivity contribution in [2.45, 2.75) is 92.4 Å². The summed E-state index contributed by atoms with van der Waals surface area (Å²) in [5.41, 5.74) is 8.77. The zero-order valence-electron chi connectivity index (χ0n) is 24.4. The molecule has 0 atom stereocenters. The minimum atomic E-state index is -2.49. The smallest absolute Gasteiger partial charge is 0.0748 e. The molecule has 3 aromatic rings. The number of benzene rings is 3. The van der Waals surface area contributed by atoms with Crippen LogP contribution in [0.2, 0.25) is 0 Å². The Hall–Kier alpha value is -2.64. The summed E-state index contributed by atoms with van der Waals surface area (Å²) in [5.74, 6) is 0. The van der Waals surface area contributed by atoms with Crippen LogP contribution in [0.15, 0.2) is 96.1 Å². The third kappa shape index (κ3) is 5.99. The molecule has 1 aliphatic rings. The SMILES string of the molecule is CCCCc1ccc([Si]([C]2C=CC(C)=C2C)(c2ccc(CCCC)cc2)c2ccc(CCCC)cc2)cc1. The molecular formula is C37H47Si. The van der Waals surface area contributed by atoms with Crippen molar-refractivity contribution in [2.24, 2.45) is 0 Å². The van der Waals surface area contributed by atoms with E-state index in [9.17, 15) is 0 Å². The van der Waals surface area contributed by atoms with Crippen LogP contribution in [0.4, 0.5) is 0 Å². The molecule has 1 aliphatic carbocycles. The van der Waals surface area contributed by atoms with E-state index in [0.717, 1.165) is 19.3 Å². The van der Waals surface area contributed by atoms with E-state index in [0.29, 0.717) is 0 Å². The normalized spacial score (nSPS) is 14.0. The van der Waals surface area contributed by atoms with E-state index in [1.165, 1.54) is 81.9 Å². The summed E-state index contributed by atoms with van der Waals surface area (Å²) in [6.45, 7) is 11.4. The second kappa shape index (κ2) is 13.4. The van der Waals surface area contributed by atoms with Crippen molar-refractivity contribution in [1.29, 1.82) is 0 Å². The molecule has 1 heteroatoms. The highest BCUT2D eigenvalue weighted by atomic mass is 28.3. The Morgan fingerprint density at radius 1 is 0.474 bits per heavy atom. The summed E-state index contributed by atoms with van der Waals surface area (Å²) in [6, 6.07) is 29.2. The molecule has 3 aromatic carbocycles. The van der Waals surface area contributed by atoms with Gasteiger partial charge in [0.15, 0.2) is 8.07 Å². The van der Waals surface area contributed by atoms with Crippen molar-refractivity contribution in [3.05, 3.63) is 118 Å². The summed E-state index contributed by atoms with van der Waals surface area (Å²) in [5, 5.41) is 4.48. The van der Waals surface area contributed by atoms with Crippen molar-refractivity contribution < 1.29 is 0 Å². The molecule has 0 bridgehead atoms. The van der Waals surface area contributed by atoms with Crippen LogP contribution in [0.5, 0.6) is 0 Å². The first-order valence-electron chi connectivity index (χ1n) is 15.1. The first-order chi connectivity index (χ1) is 18.5. The number of hydrogen-bond donors (Lipinski definition) is 0. The van der Waals surface area contributed by atoms with Crippen LogP contribution in [-0.2, 0) is 19.3 Å². The van der Waals surface area contributed by atoms with Crippen LogP contribution < -0.4 is 15.6 Å². The minimum absolute atomic E-state index is 1.16. The predicted molar refractivity (Wildman–Crippen MR) is 171 cm³/mol. The number of aryl methyl sites for hydroxylation is 3. The van der Waals surface area contributed by atoms with Gasteiger partial charge in [0, 0.05) is 5.54 Å². The van der Waals surface area contributed by atoms with Gasteiger partial charge in [-0.1, -0.05) is 136 Å². The topological polar surface area (TPSA) is 0 Å². The molecule has 1 radical (unpaired) electrons. The van der Waals surface area contributed by atoms with Crippen LogP contribution in [0.3, 0.4) is 0 Å². The highest BCUT2D eigenvalue weighted by molar-refractivity contribution is 7.16. The minimum Gasteiger partial charge on any atom is -0.0748 e. The molecule has 0 fully saturated rings. The molecule has 38 heavy (non-hydrogen) atoms. The lowest BCUT2D eigenvalue weighted by atomic mass is 10.1. The molecule has 4 rings (SSSR count). The molecule has 0 N–H and O–H groups in total. The maximum Gasteiger partial charge on any atom is 0.163 e. The lowest BCUT2D eigenvalue weighted by Crippen LogP contribution is -2.70. The third-order valence-corrected chi connectivity index (χ3v) is 13.5. The average Bonchev–Trinajstić information content (AvgIpc) is 3.29. The fourth-order valence-electron chi connectivity index (χ4n) is 5.95. The van der Waals surface area contributed by atoms with Crippen LogP contribution in [-0.4, -0.2) is 8.07 Å². The van der Waals surface area contributed by atoms with Crippen molar-refractivity contribution in [1.82, 2.24) is 0 Å². The fourth-order valence-corrected chi connectivity index (χ4v) is 11.0. The molecule has 0 aromatic heterocycles. The summed E-state index contributed by atoms with van der Waals surface area (Å²) in [6.07, 6.45) is 15.7. The van der Waals surface area contributed by atoms with Crippen LogP contribution in [0, 0.1) is 5.54 Å². The lowest BCUT2D eigenvalue weighted by Gasteiger charge is -2.39. The van der Waals surface area contributed by atoms with E-state index in [1.54, 1.807) is 5.54 Å². The van der Waals surface area contributed by atoms with E-state index in [4.69, 9.17) is 0 Å². The number of allylic oxidation sites excluding steroid dienone is 4. The summed E-state index contributed by atoms with van der Waals surface area (Å²) in [4.78, 5) is 0. The monoisotopic (exact) mass is 519 g/mol. The number of hydrogen-bond acceptors (Lipinski definition) is 0. The summed E-state index contributed by atoms with van der Waals surface area (Å²) < 4.78 is 0. The molecule has 0 unspecified atom stereocenters. The predicted octanol–water partition coefficient (Wildman–Crippen LogP) is 8.20. The van der Waals surface area contributed by atoms with Gasteiger partial charge in [-0.15, -0.1) is 0 Å². The number of unbranched alkanes of at least 4 members (excludes halogenated alkanes) is 3. The van der Waals surface area contributed by atoms with Gasteiger partial charge < -0.3 is 0 Å². The van der Waals surface area contributed by atoms with E-state index in [-0.39, 0.29) is 0 Å². The van der Waals surface area contributed by atoms with Gasteiger partial charge in [-0.3, -0.25) is 0 Å². The van der Waals surface area contributed by atoms with Gasteiger partial charge in [-0.2, -0.15) is 0 Å². The lowest BCUT2D eigenvalue weighted by molar-refractivity contribution is 0.795. The third-order valence-electron chi connectivity index (χ3n) is 8.52. The van der Waals surface area contributed by atoms with Gasteiger partial charge in [0.1, 0.15) is 0 Å². The second-order valence-corrected chi connectivity index (χ2v) is 15.0. The quantitative estimate of drug-likeness (QED) is 0.158. The summed E-state index contributed by atoms with van der Waals surface area (Å²) >= 11 is 0. The van der Waals surface area contributed by atoms with Crippen molar-refractivity contribution >= 4 is 23.6 Å². The molecule has 0 aliphatic heterocycles. The maximum absolute atomic E-state index is 2.49. The first-order valence-corrected chi connectivity index (χ1v) is 17.1. The van der Waals surface area contributed by atoms with Crippen molar-refractivity contribution in [3.8, 4) is 0 Å². The molecule has 0 saturated heterocycles. The number of rotatable bonds is 13. The Morgan fingerprint density at radius 2 is 0.816 bits per heavy atom. The highest BCUT2D eigenvalue weighted by Gasteiger charge is 2.47. The fraction of sp³-hybridized carbons (Fsp3) is 0.378. The zero-order chi connectivity index (χ0) is 27.0. The average molecular weight is 520 g/mol. The largest absolute Gasteiger partial charge is 0.163 e. The van der Waals surface area contributed by atoms with Gasteiger partial charge in [0.2, 0.25) is 0 Å². The Bertz CT molecular complexity index is 1080. The van der Waals surface area contributed by atoms with Gasteiger partial charge >= 0.3 is 0 Å². The molecule has 199 valence electrons. The highest BCUT2D eigenvalue weighted by Crippen LogP contribution is 2.35. The standard InChI is InChI=1S/C37H47Si/c1-6-9-12-31-16-22-34(23-17-31)38(37-28-15-29(4)30(37)5,35-24-18-32(19-25-35)13-10-7-2)36-26-20-33(21-27-36)14-11-8-3/h15-28H,6-14H2,1-5H3. The molecule has 0 saturated carbocycles. The van der Waals surface area contributed by atoms with Crippen molar-refractivity contribution in [3.63, 3.8) is 0 Å². The Morgan fingerprint density at radius 3 is 1.08 bits per heavy atom. The second-order valence-electron chi connectivity index (χ2n) is 11.2. The van der Waals surface area contributed by atoms with Gasteiger partial charge in [-0.05, 0) is 84.6 Å². The van der Waals surface area contributed by atoms with E-state index in [2.05, 4.69) is 120 Å². The van der Waals surface area contributed by atoms with Crippen LogP contribution in [0.25, 0.3) is 0 Å². The van der Waals surface area contributed by atoms with Gasteiger partial charge in [0.05, 0.1) is 0 Å². The van der Waals surface area contributed by atoms with E-state index < -0.39 is 8.07 Å². The van der Waals surface area contributed by atoms with Gasteiger partial charge in [-0.25, -0.2) is 0 Å². The molecule has 0 nitrogen and oxygen atoms in total.